The molecule has 1 N–H and O–H groups in total. The highest BCUT2D eigenvalue weighted by Gasteiger charge is 2.33. The standard InChI is InChI=1S/C23H27ClN4O3S2/c1-15(2)22(26-33(30,31)19-7-8-20-21(14-19)32-16(3)25-20)23(29)28-11-9-27(10-12-28)18-6-4-5-17(24)13-18/h4-8,13-15,22,26H,9-12H2,1-3H3. The van der Waals surface area contributed by atoms with E-state index >= 15 is 0 Å². The number of benzene rings is 2. The second-order valence-electron chi connectivity index (χ2n) is 8.50. The number of carbonyl (C=O) groups excluding carboxylic acids is 1. The van der Waals surface area contributed by atoms with Crippen LogP contribution >= 0.6 is 22.9 Å². The lowest BCUT2D eigenvalue weighted by atomic mass is 10.0. The Bertz CT molecular complexity index is 1270. The molecule has 1 saturated heterocycles. The summed E-state index contributed by atoms with van der Waals surface area (Å²) >= 11 is 7.55. The van der Waals surface area contributed by atoms with Crippen molar-refractivity contribution in [1.82, 2.24) is 14.6 Å². The Labute approximate surface area is 203 Å². The second-order valence-corrected chi connectivity index (χ2v) is 11.9. The summed E-state index contributed by atoms with van der Waals surface area (Å²) in [7, 11) is -3.87. The van der Waals surface area contributed by atoms with Crippen molar-refractivity contribution in [2.24, 2.45) is 5.92 Å². The van der Waals surface area contributed by atoms with Crippen LogP contribution in [0.1, 0.15) is 18.9 Å². The molecule has 0 spiro atoms. The predicted molar refractivity (Wildman–Crippen MR) is 134 cm³/mol. The molecule has 1 unspecified atom stereocenters. The van der Waals surface area contributed by atoms with E-state index in [4.69, 9.17) is 11.6 Å². The summed E-state index contributed by atoms with van der Waals surface area (Å²) in [5.41, 5.74) is 1.79. The van der Waals surface area contributed by atoms with E-state index in [1.54, 1.807) is 17.0 Å². The third-order valence-electron chi connectivity index (χ3n) is 5.76. The average Bonchev–Trinajstić information content (AvgIpc) is 3.16. The van der Waals surface area contributed by atoms with Gasteiger partial charge in [0.25, 0.3) is 0 Å². The fourth-order valence-electron chi connectivity index (χ4n) is 3.95. The third-order valence-corrected chi connectivity index (χ3v) is 8.36. The zero-order chi connectivity index (χ0) is 23.8. The molecule has 1 aliphatic rings. The monoisotopic (exact) mass is 506 g/mol. The van der Waals surface area contributed by atoms with E-state index in [2.05, 4.69) is 14.6 Å². The molecule has 1 fully saturated rings. The minimum Gasteiger partial charge on any atom is -0.368 e. The van der Waals surface area contributed by atoms with Crippen LogP contribution in [0.2, 0.25) is 5.02 Å². The van der Waals surface area contributed by atoms with Gasteiger partial charge in [0, 0.05) is 36.9 Å². The first-order valence-electron chi connectivity index (χ1n) is 10.8. The first kappa shape index (κ1) is 23.9. The van der Waals surface area contributed by atoms with E-state index in [9.17, 15) is 13.2 Å². The topological polar surface area (TPSA) is 82.6 Å². The first-order valence-corrected chi connectivity index (χ1v) is 13.5. The maximum atomic E-state index is 13.3. The summed E-state index contributed by atoms with van der Waals surface area (Å²) in [6, 6.07) is 11.7. The lowest BCUT2D eigenvalue weighted by Gasteiger charge is -2.38. The number of anilines is 1. The smallest absolute Gasteiger partial charge is 0.241 e. The zero-order valence-electron chi connectivity index (χ0n) is 18.8. The van der Waals surface area contributed by atoms with Crippen molar-refractivity contribution in [3.05, 3.63) is 52.5 Å². The van der Waals surface area contributed by atoms with E-state index in [1.807, 2.05) is 45.0 Å². The van der Waals surface area contributed by atoms with Crippen molar-refractivity contribution in [2.75, 3.05) is 31.1 Å². The van der Waals surface area contributed by atoms with Gasteiger partial charge in [0.1, 0.15) is 6.04 Å². The molecule has 7 nitrogen and oxygen atoms in total. The number of hydrogen-bond acceptors (Lipinski definition) is 6. The highest BCUT2D eigenvalue weighted by molar-refractivity contribution is 7.89. The Morgan fingerprint density at radius 3 is 2.52 bits per heavy atom. The van der Waals surface area contributed by atoms with Crippen molar-refractivity contribution in [1.29, 1.82) is 0 Å². The van der Waals surface area contributed by atoms with Crippen LogP contribution in [0.5, 0.6) is 0 Å². The molecule has 1 aromatic heterocycles. The quantitative estimate of drug-likeness (QED) is 0.548. The van der Waals surface area contributed by atoms with Gasteiger partial charge in [-0.3, -0.25) is 4.79 Å². The number of rotatable bonds is 6. The van der Waals surface area contributed by atoms with Crippen LogP contribution in [0.3, 0.4) is 0 Å². The number of aromatic nitrogens is 1. The molecule has 176 valence electrons. The van der Waals surface area contributed by atoms with Gasteiger partial charge in [0.2, 0.25) is 15.9 Å². The van der Waals surface area contributed by atoms with Gasteiger partial charge in [-0.05, 0) is 49.2 Å². The van der Waals surface area contributed by atoms with Crippen LogP contribution in [0.4, 0.5) is 5.69 Å². The van der Waals surface area contributed by atoms with Gasteiger partial charge < -0.3 is 9.80 Å². The molecule has 0 bridgehead atoms. The molecular weight excluding hydrogens is 480 g/mol. The van der Waals surface area contributed by atoms with Crippen LogP contribution in [-0.4, -0.2) is 56.4 Å². The summed E-state index contributed by atoms with van der Waals surface area (Å²) in [5.74, 6) is -0.401. The molecule has 0 aliphatic carbocycles. The summed E-state index contributed by atoms with van der Waals surface area (Å²) < 4.78 is 29.7. The summed E-state index contributed by atoms with van der Waals surface area (Å²) in [5, 5.41) is 1.55. The Balaban J connectivity index is 1.47. The number of nitrogens with zero attached hydrogens (tertiary/aromatic N) is 3. The number of carbonyl (C=O) groups is 1. The minimum atomic E-state index is -3.87. The predicted octanol–water partition coefficient (Wildman–Crippen LogP) is 3.91. The number of aryl methyl sites for hydroxylation is 1. The van der Waals surface area contributed by atoms with E-state index in [-0.39, 0.29) is 16.7 Å². The third kappa shape index (κ3) is 5.32. The second kappa shape index (κ2) is 9.58. The lowest BCUT2D eigenvalue weighted by Crippen LogP contribution is -2.56. The van der Waals surface area contributed by atoms with Crippen molar-refractivity contribution in [3.8, 4) is 0 Å². The highest BCUT2D eigenvalue weighted by atomic mass is 35.5. The molecule has 0 radical (unpaired) electrons. The fraction of sp³-hybridized carbons (Fsp3) is 0.391. The SMILES string of the molecule is Cc1nc2ccc(S(=O)(=O)NC(C(=O)N3CCN(c4cccc(Cl)c4)CC3)C(C)C)cc2s1. The van der Waals surface area contributed by atoms with Gasteiger partial charge in [0.05, 0.1) is 20.1 Å². The Morgan fingerprint density at radius 1 is 1.12 bits per heavy atom. The lowest BCUT2D eigenvalue weighted by molar-refractivity contribution is -0.134. The summed E-state index contributed by atoms with van der Waals surface area (Å²) in [6.07, 6.45) is 0. The first-order chi connectivity index (χ1) is 15.6. The average molecular weight is 507 g/mol. The molecule has 2 aromatic carbocycles. The van der Waals surface area contributed by atoms with Crippen molar-refractivity contribution in [2.45, 2.75) is 31.7 Å². The molecule has 1 atom stereocenters. The number of sulfonamides is 1. The van der Waals surface area contributed by atoms with Crippen LogP contribution in [0.25, 0.3) is 10.2 Å². The van der Waals surface area contributed by atoms with E-state index in [0.717, 1.165) is 20.9 Å². The number of nitrogens with one attached hydrogen (secondary N) is 1. The van der Waals surface area contributed by atoms with E-state index in [1.165, 1.54) is 17.4 Å². The maximum absolute atomic E-state index is 13.3. The largest absolute Gasteiger partial charge is 0.368 e. The van der Waals surface area contributed by atoms with Gasteiger partial charge in [-0.1, -0.05) is 31.5 Å². The van der Waals surface area contributed by atoms with Gasteiger partial charge in [-0.2, -0.15) is 4.72 Å². The molecule has 4 rings (SSSR count). The molecule has 1 amide bonds. The minimum absolute atomic E-state index is 0.142. The highest BCUT2D eigenvalue weighted by Crippen LogP contribution is 2.25. The molecule has 33 heavy (non-hydrogen) atoms. The summed E-state index contributed by atoms with van der Waals surface area (Å²) in [6.45, 7) is 7.93. The Kier molecular flexibility index (Phi) is 6.95. The van der Waals surface area contributed by atoms with Crippen LogP contribution < -0.4 is 9.62 Å². The summed E-state index contributed by atoms with van der Waals surface area (Å²) in [4.78, 5) is 21.8. The molecule has 10 heteroatoms. The van der Waals surface area contributed by atoms with E-state index in [0.29, 0.717) is 31.2 Å². The molecular formula is C23H27ClN4O3S2. The van der Waals surface area contributed by atoms with E-state index < -0.39 is 16.1 Å². The number of amides is 1. The normalized spacial score (nSPS) is 15.9. The molecule has 2 heterocycles. The number of fused-ring (bicyclic) bond motifs is 1. The van der Waals surface area contributed by atoms with Gasteiger partial charge in [-0.15, -0.1) is 11.3 Å². The number of halogens is 1. The maximum Gasteiger partial charge on any atom is 0.241 e. The number of piperazine rings is 1. The van der Waals surface area contributed by atoms with Gasteiger partial charge in [0.15, 0.2) is 0 Å². The van der Waals surface area contributed by atoms with Crippen molar-refractivity contribution in [3.63, 3.8) is 0 Å². The zero-order valence-corrected chi connectivity index (χ0v) is 21.2. The van der Waals surface area contributed by atoms with Gasteiger partial charge >= 0.3 is 0 Å². The van der Waals surface area contributed by atoms with Crippen LogP contribution in [0.15, 0.2) is 47.4 Å². The fourth-order valence-corrected chi connectivity index (χ4v) is 6.44. The van der Waals surface area contributed by atoms with Crippen molar-refractivity contribution >= 4 is 54.8 Å². The molecule has 3 aromatic rings. The molecule has 1 aliphatic heterocycles. The number of hydrogen-bond donors (Lipinski definition) is 1. The Morgan fingerprint density at radius 2 is 1.85 bits per heavy atom. The number of thiazole rings is 1. The van der Waals surface area contributed by atoms with Crippen LogP contribution in [0, 0.1) is 12.8 Å². The van der Waals surface area contributed by atoms with Crippen molar-refractivity contribution < 1.29 is 13.2 Å². The van der Waals surface area contributed by atoms with Crippen LogP contribution in [-0.2, 0) is 14.8 Å². The van der Waals surface area contributed by atoms with Gasteiger partial charge in [-0.25, -0.2) is 13.4 Å². The molecule has 0 saturated carbocycles. The Hall–Kier alpha value is -2.20.